The van der Waals surface area contributed by atoms with Crippen molar-refractivity contribution in [1.29, 1.82) is 0 Å². The molecule has 3 N–H and O–H groups in total. The van der Waals surface area contributed by atoms with Crippen molar-refractivity contribution in [3.05, 3.63) is 18.2 Å². The Morgan fingerprint density at radius 2 is 2.06 bits per heavy atom. The molecule has 2 rings (SSSR count). The highest BCUT2D eigenvalue weighted by Gasteiger charge is 2.37. The quantitative estimate of drug-likeness (QED) is 0.755. The molecule has 0 heterocycles. The molecule has 0 atom stereocenters. The molecular weight excluding hydrogens is 224 g/mol. The van der Waals surface area contributed by atoms with Crippen LogP contribution in [-0.4, -0.2) is 12.1 Å². The molecule has 0 unspecified atom stereocenters. The highest BCUT2D eigenvalue weighted by molar-refractivity contribution is 5.60. The lowest BCUT2D eigenvalue weighted by molar-refractivity contribution is 0.317. The molecule has 0 radical (unpaired) electrons. The maximum absolute atomic E-state index is 5.92. The van der Waals surface area contributed by atoms with Crippen molar-refractivity contribution in [2.45, 2.75) is 45.6 Å². The SMILES string of the molecule is CCCOc1cc(N)cc(NC(C)(C)C2CC2)c1. The summed E-state index contributed by atoms with van der Waals surface area (Å²) in [7, 11) is 0. The van der Waals surface area contributed by atoms with Crippen LogP contribution in [-0.2, 0) is 0 Å². The van der Waals surface area contributed by atoms with Crippen molar-refractivity contribution in [3.63, 3.8) is 0 Å². The first kappa shape index (κ1) is 13.1. The number of nitrogens with one attached hydrogen (secondary N) is 1. The largest absolute Gasteiger partial charge is 0.493 e. The first-order valence-corrected chi connectivity index (χ1v) is 6.83. The zero-order valence-corrected chi connectivity index (χ0v) is 11.6. The maximum atomic E-state index is 5.92. The van der Waals surface area contributed by atoms with E-state index in [9.17, 15) is 0 Å². The molecule has 0 amide bonds. The minimum Gasteiger partial charge on any atom is -0.493 e. The van der Waals surface area contributed by atoms with E-state index in [2.05, 4.69) is 26.1 Å². The van der Waals surface area contributed by atoms with Gasteiger partial charge in [0.15, 0.2) is 0 Å². The fraction of sp³-hybridized carbons (Fsp3) is 0.600. The van der Waals surface area contributed by atoms with Gasteiger partial charge in [-0.2, -0.15) is 0 Å². The van der Waals surface area contributed by atoms with Gasteiger partial charge in [0.1, 0.15) is 5.75 Å². The smallest absolute Gasteiger partial charge is 0.123 e. The van der Waals surface area contributed by atoms with Crippen LogP contribution in [0.4, 0.5) is 11.4 Å². The number of hydrogen-bond acceptors (Lipinski definition) is 3. The summed E-state index contributed by atoms with van der Waals surface area (Å²) in [6.07, 6.45) is 3.65. The Balaban J connectivity index is 2.09. The number of nitrogen functional groups attached to an aromatic ring is 1. The minimum atomic E-state index is 0.135. The third-order valence-electron chi connectivity index (χ3n) is 3.47. The number of benzene rings is 1. The summed E-state index contributed by atoms with van der Waals surface area (Å²) < 4.78 is 5.65. The molecular formula is C15H24N2O. The van der Waals surface area contributed by atoms with Crippen LogP contribution in [0, 0.1) is 5.92 Å². The normalized spacial score (nSPS) is 15.5. The number of rotatable bonds is 6. The summed E-state index contributed by atoms with van der Waals surface area (Å²) in [5.74, 6) is 1.63. The van der Waals surface area contributed by atoms with Gasteiger partial charge in [-0.1, -0.05) is 6.92 Å². The summed E-state index contributed by atoms with van der Waals surface area (Å²) in [5, 5.41) is 3.58. The summed E-state index contributed by atoms with van der Waals surface area (Å²) in [5.41, 5.74) is 7.86. The van der Waals surface area contributed by atoms with Gasteiger partial charge in [-0.15, -0.1) is 0 Å². The van der Waals surface area contributed by atoms with E-state index in [1.807, 2.05) is 18.2 Å². The van der Waals surface area contributed by atoms with Crippen LogP contribution in [0.25, 0.3) is 0 Å². The molecule has 0 bridgehead atoms. The maximum Gasteiger partial charge on any atom is 0.123 e. The van der Waals surface area contributed by atoms with Gasteiger partial charge in [-0.05, 0) is 45.1 Å². The molecule has 3 heteroatoms. The molecule has 0 aliphatic heterocycles. The van der Waals surface area contributed by atoms with E-state index < -0.39 is 0 Å². The van der Waals surface area contributed by atoms with Crippen molar-refractivity contribution in [3.8, 4) is 5.75 Å². The Labute approximate surface area is 110 Å². The van der Waals surface area contributed by atoms with Gasteiger partial charge in [0.2, 0.25) is 0 Å². The average molecular weight is 248 g/mol. The fourth-order valence-corrected chi connectivity index (χ4v) is 2.28. The average Bonchev–Trinajstić information content (AvgIpc) is 3.08. The predicted octanol–water partition coefficient (Wildman–Crippen LogP) is 3.66. The Hall–Kier alpha value is -1.38. The third kappa shape index (κ3) is 3.31. The second-order valence-electron chi connectivity index (χ2n) is 5.76. The summed E-state index contributed by atoms with van der Waals surface area (Å²) in [6, 6.07) is 5.89. The first-order valence-electron chi connectivity index (χ1n) is 6.83. The second kappa shape index (κ2) is 5.09. The van der Waals surface area contributed by atoms with Crippen molar-refractivity contribution < 1.29 is 4.74 Å². The van der Waals surface area contributed by atoms with Crippen molar-refractivity contribution in [2.75, 3.05) is 17.7 Å². The van der Waals surface area contributed by atoms with Gasteiger partial charge < -0.3 is 15.8 Å². The predicted molar refractivity (Wildman–Crippen MR) is 77.1 cm³/mol. The summed E-state index contributed by atoms with van der Waals surface area (Å²) in [6.45, 7) is 7.33. The second-order valence-corrected chi connectivity index (χ2v) is 5.76. The molecule has 1 fully saturated rings. The lowest BCUT2D eigenvalue weighted by atomic mass is 9.98. The van der Waals surface area contributed by atoms with Crippen molar-refractivity contribution >= 4 is 11.4 Å². The molecule has 0 spiro atoms. The molecule has 1 aromatic carbocycles. The Kier molecular flexibility index (Phi) is 3.69. The van der Waals surface area contributed by atoms with Crippen LogP contribution in [0.5, 0.6) is 5.75 Å². The number of nitrogens with two attached hydrogens (primary N) is 1. The van der Waals surface area contributed by atoms with E-state index in [1.165, 1.54) is 12.8 Å². The highest BCUT2D eigenvalue weighted by atomic mass is 16.5. The number of ether oxygens (including phenoxy) is 1. The summed E-state index contributed by atoms with van der Waals surface area (Å²) >= 11 is 0. The Morgan fingerprint density at radius 1 is 1.33 bits per heavy atom. The lowest BCUT2D eigenvalue weighted by Crippen LogP contribution is -2.33. The monoisotopic (exact) mass is 248 g/mol. The van der Waals surface area contributed by atoms with Gasteiger partial charge in [-0.25, -0.2) is 0 Å². The molecule has 1 aliphatic carbocycles. The zero-order valence-electron chi connectivity index (χ0n) is 11.6. The standard InChI is InChI=1S/C15H24N2O/c1-4-7-18-14-9-12(16)8-13(10-14)17-15(2,3)11-5-6-11/h8-11,17H,4-7,16H2,1-3H3. The van der Waals surface area contributed by atoms with Gasteiger partial charge in [0.25, 0.3) is 0 Å². The highest BCUT2D eigenvalue weighted by Crippen LogP contribution is 2.41. The van der Waals surface area contributed by atoms with E-state index >= 15 is 0 Å². The van der Waals surface area contributed by atoms with Gasteiger partial charge >= 0.3 is 0 Å². The molecule has 0 aromatic heterocycles. The van der Waals surface area contributed by atoms with Gasteiger partial charge in [-0.3, -0.25) is 0 Å². The van der Waals surface area contributed by atoms with Gasteiger partial charge in [0, 0.05) is 29.0 Å². The van der Waals surface area contributed by atoms with Crippen molar-refractivity contribution in [1.82, 2.24) is 0 Å². The van der Waals surface area contributed by atoms with E-state index in [4.69, 9.17) is 10.5 Å². The van der Waals surface area contributed by atoms with E-state index in [1.54, 1.807) is 0 Å². The molecule has 3 nitrogen and oxygen atoms in total. The van der Waals surface area contributed by atoms with E-state index in [0.29, 0.717) is 0 Å². The minimum absolute atomic E-state index is 0.135. The third-order valence-corrected chi connectivity index (χ3v) is 3.47. The fourth-order valence-electron chi connectivity index (χ4n) is 2.28. The van der Waals surface area contributed by atoms with Crippen LogP contribution >= 0.6 is 0 Å². The molecule has 100 valence electrons. The Morgan fingerprint density at radius 3 is 2.67 bits per heavy atom. The Bertz CT molecular complexity index is 411. The topological polar surface area (TPSA) is 47.3 Å². The lowest BCUT2D eigenvalue weighted by Gasteiger charge is -2.28. The van der Waals surface area contributed by atoms with Crippen LogP contribution in [0.2, 0.25) is 0 Å². The molecule has 0 saturated heterocycles. The first-order chi connectivity index (χ1) is 8.51. The number of hydrogen-bond donors (Lipinski definition) is 2. The van der Waals surface area contributed by atoms with Gasteiger partial charge in [0.05, 0.1) is 6.61 Å². The van der Waals surface area contributed by atoms with Crippen LogP contribution < -0.4 is 15.8 Å². The molecule has 18 heavy (non-hydrogen) atoms. The van der Waals surface area contributed by atoms with E-state index in [-0.39, 0.29) is 5.54 Å². The molecule has 1 aliphatic rings. The zero-order chi connectivity index (χ0) is 13.2. The van der Waals surface area contributed by atoms with E-state index in [0.717, 1.165) is 36.1 Å². The number of anilines is 2. The summed E-state index contributed by atoms with van der Waals surface area (Å²) in [4.78, 5) is 0. The van der Waals surface area contributed by atoms with Crippen LogP contribution in [0.15, 0.2) is 18.2 Å². The van der Waals surface area contributed by atoms with Crippen LogP contribution in [0.3, 0.4) is 0 Å². The molecule has 1 saturated carbocycles. The molecule has 1 aromatic rings. The van der Waals surface area contributed by atoms with Crippen LogP contribution in [0.1, 0.15) is 40.0 Å². The van der Waals surface area contributed by atoms with Crippen molar-refractivity contribution in [2.24, 2.45) is 5.92 Å².